The van der Waals surface area contributed by atoms with Crippen molar-refractivity contribution in [1.29, 1.82) is 0 Å². The highest BCUT2D eigenvalue weighted by Crippen LogP contribution is 2.32. The van der Waals surface area contributed by atoms with Crippen LogP contribution in [-0.4, -0.2) is 43.5 Å². The van der Waals surface area contributed by atoms with Crippen LogP contribution in [0, 0.1) is 5.82 Å². The Hall–Kier alpha value is -2.74. The predicted octanol–water partition coefficient (Wildman–Crippen LogP) is 6.02. The van der Waals surface area contributed by atoms with Crippen LogP contribution in [0.25, 0.3) is 0 Å². The summed E-state index contributed by atoms with van der Waals surface area (Å²) in [5.41, 5.74) is 1.56. The molecule has 2 heterocycles. The summed E-state index contributed by atoms with van der Waals surface area (Å²) in [4.78, 5) is 18.1. The first-order valence-corrected chi connectivity index (χ1v) is 13.7. The first kappa shape index (κ1) is 26.3. The number of carbonyl (C=O) groups excluding carboxylic acids is 1. The smallest absolute Gasteiger partial charge is 0.227 e. The molecule has 36 heavy (non-hydrogen) atoms. The number of nitrogens with zero attached hydrogens (tertiary/aromatic N) is 2. The SMILES string of the molecule is CCC(=O)N(c1ccccc1F)C1CCN(Cc2ccccc2OC(CCNC)c2cccs2)CC1. The summed E-state index contributed by atoms with van der Waals surface area (Å²) in [6, 6.07) is 19.1. The first-order valence-electron chi connectivity index (χ1n) is 12.8. The second-order valence-electron chi connectivity index (χ2n) is 9.20. The Morgan fingerprint density at radius 2 is 1.89 bits per heavy atom. The summed E-state index contributed by atoms with van der Waals surface area (Å²) in [5, 5.41) is 5.32. The number of amides is 1. The molecule has 1 amide bonds. The molecule has 0 aliphatic carbocycles. The Morgan fingerprint density at radius 1 is 1.14 bits per heavy atom. The molecular formula is C29H36FN3O2S. The largest absolute Gasteiger partial charge is 0.485 e. The van der Waals surface area contributed by atoms with E-state index in [2.05, 4.69) is 45.9 Å². The summed E-state index contributed by atoms with van der Waals surface area (Å²) >= 11 is 1.73. The first-order chi connectivity index (χ1) is 17.6. The highest BCUT2D eigenvalue weighted by molar-refractivity contribution is 7.10. The maximum atomic E-state index is 14.6. The van der Waals surface area contributed by atoms with E-state index < -0.39 is 0 Å². The number of hydrogen-bond acceptors (Lipinski definition) is 5. The lowest BCUT2D eigenvalue weighted by atomic mass is 10.0. The molecule has 4 rings (SSSR count). The van der Waals surface area contributed by atoms with Crippen molar-refractivity contribution in [3.63, 3.8) is 0 Å². The van der Waals surface area contributed by atoms with E-state index in [1.54, 1.807) is 34.4 Å². The van der Waals surface area contributed by atoms with Crippen molar-refractivity contribution in [2.24, 2.45) is 0 Å². The normalized spacial score (nSPS) is 15.5. The molecule has 0 spiro atoms. The molecule has 5 nitrogen and oxygen atoms in total. The fourth-order valence-corrected chi connectivity index (χ4v) is 5.63. The summed E-state index contributed by atoms with van der Waals surface area (Å²) in [6.45, 7) is 5.19. The van der Waals surface area contributed by atoms with Crippen molar-refractivity contribution in [2.45, 2.75) is 51.3 Å². The van der Waals surface area contributed by atoms with Gasteiger partial charge in [0.1, 0.15) is 17.7 Å². The van der Waals surface area contributed by atoms with E-state index in [9.17, 15) is 9.18 Å². The lowest BCUT2D eigenvalue weighted by Crippen LogP contribution is -2.47. The van der Waals surface area contributed by atoms with E-state index in [4.69, 9.17) is 4.74 Å². The molecule has 7 heteroatoms. The number of hydrogen-bond donors (Lipinski definition) is 1. The van der Waals surface area contributed by atoms with Crippen molar-refractivity contribution < 1.29 is 13.9 Å². The van der Waals surface area contributed by atoms with Crippen LogP contribution in [0.4, 0.5) is 10.1 Å². The van der Waals surface area contributed by atoms with Gasteiger partial charge in [0.2, 0.25) is 5.91 Å². The van der Waals surface area contributed by atoms with Crippen LogP contribution in [0.15, 0.2) is 66.0 Å². The van der Waals surface area contributed by atoms with Gasteiger partial charge in [0.15, 0.2) is 0 Å². The Kier molecular flexibility index (Phi) is 9.50. The van der Waals surface area contributed by atoms with E-state index in [1.807, 2.05) is 20.0 Å². The van der Waals surface area contributed by atoms with Crippen LogP contribution >= 0.6 is 11.3 Å². The van der Waals surface area contributed by atoms with Gasteiger partial charge in [0.25, 0.3) is 0 Å². The molecule has 192 valence electrons. The average Bonchev–Trinajstić information content (AvgIpc) is 3.44. The van der Waals surface area contributed by atoms with E-state index in [-0.39, 0.29) is 23.9 Å². The summed E-state index contributed by atoms with van der Waals surface area (Å²) in [6.07, 6.45) is 2.89. The number of benzene rings is 2. The predicted molar refractivity (Wildman–Crippen MR) is 145 cm³/mol. The summed E-state index contributed by atoms with van der Waals surface area (Å²) in [7, 11) is 1.96. The van der Waals surface area contributed by atoms with Crippen LogP contribution in [0.1, 0.15) is 49.2 Å². The molecule has 1 unspecified atom stereocenters. The van der Waals surface area contributed by atoms with E-state index in [0.29, 0.717) is 12.1 Å². The van der Waals surface area contributed by atoms with Crippen molar-refractivity contribution >= 4 is 22.9 Å². The lowest BCUT2D eigenvalue weighted by Gasteiger charge is -2.39. The molecule has 1 N–H and O–H groups in total. The summed E-state index contributed by atoms with van der Waals surface area (Å²) in [5.74, 6) is 0.549. The number of anilines is 1. The molecule has 1 aromatic heterocycles. The van der Waals surface area contributed by atoms with Gasteiger partial charge < -0.3 is 15.0 Å². The van der Waals surface area contributed by atoms with Gasteiger partial charge in [-0.25, -0.2) is 4.39 Å². The Balaban J connectivity index is 1.42. The van der Waals surface area contributed by atoms with Crippen molar-refractivity contribution in [3.05, 3.63) is 82.3 Å². The molecule has 0 bridgehead atoms. The minimum absolute atomic E-state index is 0.00171. The zero-order valence-electron chi connectivity index (χ0n) is 21.2. The molecule has 0 radical (unpaired) electrons. The molecule has 3 aromatic rings. The van der Waals surface area contributed by atoms with Crippen molar-refractivity contribution in [1.82, 2.24) is 10.2 Å². The zero-order valence-corrected chi connectivity index (χ0v) is 22.0. The second kappa shape index (κ2) is 13.0. The van der Waals surface area contributed by atoms with Gasteiger partial charge in [-0.05, 0) is 56.1 Å². The van der Waals surface area contributed by atoms with Crippen LogP contribution in [0.3, 0.4) is 0 Å². The van der Waals surface area contributed by atoms with Gasteiger partial charge in [-0.1, -0.05) is 43.3 Å². The van der Waals surface area contributed by atoms with Gasteiger partial charge in [-0.15, -0.1) is 11.3 Å². The number of para-hydroxylation sites is 2. The standard InChI is InChI=1S/C29H36FN3O2S/c1-3-29(34)33(25-11-6-5-10-24(25)30)23-15-18-32(19-16-23)21-22-9-4-7-12-26(22)35-27(14-17-31-2)28-13-8-20-36-28/h4-13,20,23,27,31H,3,14-19,21H2,1-2H3. The molecular weight excluding hydrogens is 473 g/mol. The topological polar surface area (TPSA) is 44.8 Å². The fourth-order valence-electron chi connectivity index (χ4n) is 4.84. The molecule has 2 aromatic carbocycles. The summed E-state index contributed by atoms with van der Waals surface area (Å²) < 4.78 is 21.1. The third kappa shape index (κ3) is 6.52. The minimum Gasteiger partial charge on any atom is -0.485 e. The van der Waals surface area contributed by atoms with Crippen LogP contribution in [-0.2, 0) is 11.3 Å². The maximum Gasteiger partial charge on any atom is 0.227 e. The average molecular weight is 510 g/mol. The van der Waals surface area contributed by atoms with Crippen LogP contribution < -0.4 is 15.0 Å². The molecule has 1 aliphatic rings. The monoisotopic (exact) mass is 509 g/mol. The minimum atomic E-state index is -0.341. The van der Waals surface area contributed by atoms with Gasteiger partial charge in [0, 0.05) is 49.0 Å². The van der Waals surface area contributed by atoms with E-state index >= 15 is 0 Å². The number of thiophene rings is 1. The maximum absolute atomic E-state index is 14.6. The number of nitrogens with one attached hydrogen (secondary N) is 1. The highest BCUT2D eigenvalue weighted by Gasteiger charge is 2.30. The molecule has 1 saturated heterocycles. The fraction of sp³-hybridized carbons (Fsp3) is 0.414. The molecule has 1 atom stereocenters. The van der Waals surface area contributed by atoms with Gasteiger partial charge in [-0.3, -0.25) is 9.69 Å². The quantitative estimate of drug-likeness (QED) is 0.343. The number of halogens is 1. The number of likely N-dealkylation sites (tertiary alicyclic amines) is 1. The number of piperidine rings is 1. The molecule has 0 saturated carbocycles. The highest BCUT2D eigenvalue weighted by atomic mass is 32.1. The third-order valence-electron chi connectivity index (χ3n) is 6.76. The van der Waals surface area contributed by atoms with Gasteiger partial charge in [-0.2, -0.15) is 0 Å². The van der Waals surface area contributed by atoms with Gasteiger partial charge >= 0.3 is 0 Å². The third-order valence-corrected chi connectivity index (χ3v) is 7.72. The Bertz CT molecular complexity index is 1100. The van der Waals surface area contributed by atoms with E-state index in [0.717, 1.165) is 56.8 Å². The van der Waals surface area contributed by atoms with E-state index in [1.165, 1.54) is 10.9 Å². The number of rotatable bonds is 11. The molecule has 1 fully saturated rings. The zero-order chi connectivity index (χ0) is 25.3. The lowest BCUT2D eigenvalue weighted by molar-refractivity contribution is -0.119. The van der Waals surface area contributed by atoms with Crippen LogP contribution in [0.5, 0.6) is 5.75 Å². The van der Waals surface area contributed by atoms with Gasteiger partial charge in [0.05, 0.1) is 5.69 Å². The molecule has 1 aliphatic heterocycles. The Morgan fingerprint density at radius 3 is 2.58 bits per heavy atom. The number of ether oxygens (including phenoxy) is 1. The Labute approximate surface area is 217 Å². The number of carbonyl (C=O) groups is 1. The van der Waals surface area contributed by atoms with Crippen molar-refractivity contribution in [2.75, 3.05) is 31.6 Å². The second-order valence-corrected chi connectivity index (χ2v) is 10.2. The van der Waals surface area contributed by atoms with Crippen molar-refractivity contribution in [3.8, 4) is 5.75 Å². The van der Waals surface area contributed by atoms with Crippen LogP contribution in [0.2, 0.25) is 0 Å².